The lowest BCUT2D eigenvalue weighted by Gasteiger charge is -2.34. The van der Waals surface area contributed by atoms with Crippen LogP contribution in [0.1, 0.15) is 10.4 Å². The third kappa shape index (κ3) is 4.93. The van der Waals surface area contributed by atoms with Crippen molar-refractivity contribution in [3.05, 3.63) is 41.2 Å². The fourth-order valence-electron chi connectivity index (χ4n) is 2.62. The Balaban J connectivity index is 1.83. The smallest absolute Gasteiger partial charge is 0.255 e. The third-order valence-electron chi connectivity index (χ3n) is 4.06. The summed E-state index contributed by atoms with van der Waals surface area (Å²) >= 11 is 5.69. The van der Waals surface area contributed by atoms with E-state index in [1.54, 1.807) is 4.90 Å². The summed E-state index contributed by atoms with van der Waals surface area (Å²) in [6, 6.07) is 2.35. The summed E-state index contributed by atoms with van der Waals surface area (Å²) in [7, 11) is 1.39. The molecule has 1 aromatic rings. The minimum Gasteiger partial charge on any atom is -0.496 e. The first kappa shape index (κ1) is 19.2. The van der Waals surface area contributed by atoms with Crippen molar-refractivity contribution >= 4 is 23.4 Å². The van der Waals surface area contributed by atoms with Crippen LogP contribution in [-0.4, -0.2) is 68.0 Å². The summed E-state index contributed by atoms with van der Waals surface area (Å²) < 4.78 is 18.7. The molecule has 1 aromatic carbocycles. The molecule has 2 amide bonds. The van der Waals surface area contributed by atoms with Gasteiger partial charge in [0, 0.05) is 45.3 Å². The highest BCUT2D eigenvalue weighted by Gasteiger charge is 2.20. The maximum atomic E-state index is 13.6. The Morgan fingerprint density at radius 2 is 2.04 bits per heavy atom. The quantitative estimate of drug-likeness (QED) is 0.773. The number of piperazine rings is 1. The molecule has 0 bridgehead atoms. The molecular weight excluding hydrogens is 349 g/mol. The highest BCUT2D eigenvalue weighted by molar-refractivity contribution is 6.31. The van der Waals surface area contributed by atoms with E-state index in [1.807, 2.05) is 0 Å². The van der Waals surface area contributed by atoms with Gasteiger partial charge in [0.15, 0.2) is 0 Å². The summed E-state index contributed by atoms with van der Waals surface area (Å²) in [5, 5.41) is 2.65. The van der Waals surface area contributed by atoms with Gasteiger partial charge in [-0.1, -0.05) is 18.2 Å². The van der Waals surface area contributed by atoms with Gasteiger partial charge in [-0.3, -0.25) is 14.5 Å². The maximum Gasteiger partial charge on any atom is 0.255 e. The molecule has 1 fully saturated rings. The molecule has 2 rings (SSSR count). The molecule has 1 aliphatic heterocycles. The molecule has 1 N–H and O–H groups in total. The summed E-state index contributed by atoms with van der Waals surface area (Å²) in [4.78, 5) is 27.6. The van der Waals surface area contributed by atoms with E-state index < -0.39 is 11.7 Å². The average molecular weight is 370 g/mol. The van der Waals surface area contributed by atoms with E-state index in [4.69, 9.17) is 16.3 Å². The van der Waals surface area contributed by atoms with Gasteiger partial charge in [-0.2, -0.15) is 0 Å². The lowest BCUT2D eigenvalue weighted by Crippen LogP contribution is -2.49. The molecule has 25 heavy (non-hydrogen) atoms. The normalized spacial score (nSPS) is 14.9. The molecule has 0 atom stereocenters. The van der Waals surface area contributed by atoms with E-state index in [2.05, 4.69) is 16.8 Å². The number of nitrogens with one attached hydrogen (secondary N) is 1. The molecule has 8 heteroatoms. The summed E-state index contributed by atoms with van der Waals surface area (Å²) in [6.45, 7) is 7.25. The van der Waals surface area contributed by atoms with Crippen LogP contribution < -0.4 is 10.1 Å². The largest absolute Gasteiger partial charge is 0.496 e. The number of benzene rings is 1. The summed E-state index contributed by atoms with van der Waals surface area (Å²) in [5.41, 5.74) is 0.103. The Hall–Kier alpha value is -2.12. The second-order valence-electron chi connectivity index (χ2n) is 5.59. The Morgan fingerprint density at radius 3 is 2.64 bits per heavy atom. The predicted molar refractivity (Wildman–Crippen MR) is 93.5 cm³/mol. The summed E-state index contributed by atoms with van der Waals surface area (Å²) in [5.74, 6) is -0.936. The van der Waals surface area contributed by atoms with Crippen molar-refractivity contribution in [3.8, 4) is 5.75 Å². The van der Waals surface area contributed by atoms with Gasteiger partial charge in [0.05, 0.1) is 17.7 Å². The molecule has 1 aliphatic rings. The van der Waals surface area contributed by atoms with Crippen LogP contribution in [0.2, 0.25) is 5.02 Å². The van der Waals surface area contributed by atoms with Crippen molar-refractivity contribution in [3.63, 3.8) is 0 Å². The van der Waals surface area contributed by atoms with Crippen molar-refractivity contribution < 1.29 is 18.7 Å². The standard InChI is InChI=1S/C17H21ClFN3O3/c1-3-16(23)22-8-6-21(7-9-22)5-4-20-17(24)12-10-14(19)13(18)11-15(12)25-2/h3,10-11H,1,4-9H2,2H3,(H,20,24). The van der Waals surface area contributed by atoms with Crippen molar-refractivity contribution in [2.24, 2.45) is 0 Å². The van der Waals surface area contributed by atoms with Gasteiger partial charge in [-0.25, -0.2) is 4.39 Å². The van der Waals surface area contributed by atoms with Crippen molar-refractivity contribution in [2.45, 2.75) is 0 Å². The van der Waals surface area contributed by atoms with Gasteiger partial charge in [0.1, 0.15) is 11.6 Å². The number of hydrogen-bond acceptors (Lipinski definition) is 4. The number of amides is 2. The van der Waals surface area contributed by atoms with Gasteiger partial charge in [-0.05, 0) is 12.1 Å². The fourth-order valence-corrected chi connectivity index (χ4v) is 2.77. The van der Waals surface area contributed by atoms with Crippen LogP contribution in [0, 0.1) is 5.82 Å². The van der Waals surface area contributed by atoms with Gasteiger partial charge < -0.3 is 15.0 Å². The van der Waals surface area contributed by atoms with Gasteiger partial charge in [-0.15, -0.1) is 0 Å². The molecule has 0 aromatic heterocycles. The molecule has 0 spiro atoms. The minimum atomic E-state index is -0.671. The number of methoxy groups -OCH3 is 1. The number of rotatable bonds is 6. The molecule has 1 heterocycles. The van der Waals surface area contributed by atoms with E-state index in [1.165, 1.54) is 19.3 Å². The predicted octanol–water partition coefficient (Wildman–Crippen LogP) is 1.55. The molecule has 0 aliphatic carbocycles. The van der Waals surface area contributed by atoms with Crippen molar-refractivity contribution in [1.29, 1.82) is 0 Å². The first-order valence-electron chi connectivity index (χ1n) is 7.91. The zero-order valence-electron chi connectivity index (χ0n) is 14.1. The SMILES string of the molecule is C=CC(=O)N1CCN(CCNC(=O)c2cc(F)c(Cl)cc2OC)CC1. The molecule has 0 unspecified atom stereocenters. The van der Waals surface area contributed by atoms with Crippen molar-refractivity contribution in [1.82, 2.24) is 15.1 Å². The number of ether oxygens (including phenoxy) is 1. The van der Waals surface area contributed by atoms with E-state index in [9.17, 15) is 14.0 Å². The first-order chi connectivity index (χ1) is 12.0. The Morgan fingerprint density at radius 1 is 1.36 bits per heavy atom. The number of halogens is 2. The molecule has 0 saturated carbocycles. The zero-order valence-corrected chi connectivity index (χ0v) is 14.8. The number of hydrogen-bond donors (Lipinski definition) is 1. The van der Waals surface area contributed by atoms with E-state index >= 15 is 0 Å². The van der Waals surface area contributed by atoms with Crippen LogP contribution >= 0.6 is 11.6 Å². The van der Waals surface area contributed by atoms with Crippen LogP contribution in [0.25, 0.3) is 0 Å². The monoisotopic (exact) mass is 369 g/mol. The lowest BCUT2D eigenvalue weighted by molar-refractivity contribution is -0.127. The zero-order chi connectivity index (χ0) is 18.4. The second kappa shape index (κ2) is 8.82. The number of carbonyl (C=O) groups is 2. The Bertz CT molecular complexity index is 661. The highest BCUT2D eigenvalue weighted by atomic mass is 35.5. The van der Waals surface area contributed by atoms with Gasteiger partial charge >= 0.3 is 0 Å². The van der Waals surface area contributed by atoms with E-state index in [0.717, 1.165) is 19.2 Å². The lowest BCUT2D eigenvalue weighted by atomic mass is 10.2. The van der Waals surface area contributed by atoms with Crippen LogP contribution in [-0.2, 0) is 4.79 Å². The van der Waals surface area contributed by atoms with Crippen LogP contribution in [0.3, 0.4) is 0 Å². The van der Waals surface area contributed by atoms with E-state index in [-0.39, 0.29) is 22.2 Å². The van der Waals surface area contributed by atoms with E-state index in [0.29, 0.717) is 26.2 Å². The Labute approximate surface area is 151 Å². The van der Waals surface area contributed by atoms with Crippen LogP contribution in [0.5, 0.6) is 5.75 Å². The first-order valence-corrected chi connectivity index (χ1v) is 8.29. The topological polar surface area (TPSA) is 61.9 Å². The third-order valence-corrected chi connectivity index (χ3v) is 4.35. The van der Waals surface area contributed by atoms with Gasteiger partial charge in [0.2, 0.25) is 5.91 Å². The highest BCUT2D eigenvalue weighted by Crippen LogP contribution is 2.26. The molecule has 6 nitrogen and oxygen atoms in total. The van der Waals surface area contributed by atoms with Crippen LogP contribution in [0.4, 0.5) is 4.39 Å². The van der Waals surface area contributed by atoms with Gasteiger partial charge in [0.25, 0.3) is 5.91 Å². The molecular formula is C17H21ClFN3O3. The van der Waals surface area contributed by atoms with Crippen molar-refractivity contribution in [2.75, 3.05) is 46.4 Å². The second-order valence-corrected chi connectivity index (χ2v) is 6.00. The fraction of sp³-hybridized carbons (Fsp3) is 0.412. The molecule has 1 saturated heterocycles. The van der Waals surface area contributed by atoms with Crippen LogP contribution in [0.15, 0.2) is 24.8 Å². The summed E-state index contributed by atoms with van der Waals surface area (Å²) in [6.07, 6.45) is 1.31. The number of nitrogens with zero attached hydrogens (tertiary/aromatic N) is 2. The minimum absolute atomic E-state index is 0.0650. The average Bonchev–Trinajstić information content (AvgIpc) is 2.63. The molecule has 136 valence electrons. The maximum absolute atomic E-state index is 13.6. The Kier molecular flexibility index (Phi) is 6.78. The number of carbonyl (C=O) groups excluding carboxylic acids is 2. The molecule has 0 radical (unpaired) electrons.